The smallest absolute Gasteiger partial charge is 0.378 e. The van der Waals surface area contributed by atoms with Crippen LogP contribution in [0, 0.1) is 11.3 Å². The molecule has 1 aromatic heterocycles. The van der Waals surface area contributed by atoms with E-state index in [4.69, 9.17) is 0 Å². The first-order valence-electron chi connectivity index (χ1n) is 8.62. The van der Waals surface area contributed by atoms with E-state index in [0.29, 0.717) is 28.2 Å². The van der Waals surface area contributed by atoms with Crippen LogP contribution < -0.4 is 5.32 Å². The summed E-state index contributed by atoms with van der Waals surface area (Å²) in [5.41, 5.74) is -3.88. The third-order valence-corrected chi connectivity index (χ3v) is 7.64. The number of hydrogen-bond acceptors (Lipinski definition) is 5. The Labute approximate surface area is 162 Å². The number of piperidine rings is 1. The van der Waals surface area contributed by atoms with Crippen LogP contribution in [-0.2, 0) is 0 Å². The molecule has 2 bridgehead atoms. The zero-order valence-electron chi connectivity index (χ0n) is 14.4. The van der Waals surface area contributed by atoms with Gasteiger partial charge in [-0.05, 0) is 44.1 Å². The van der Waals surface area contributed by atoms with E-state index in [1.807, 2.05) is 13.1 Å². The number of hydrogen-bond donors (Lipinski definition) is 1. The van der Waals surface area contributed by atoms with Gasteiger partial charge in [0.1, 0.15) is 17.1 Å². The van der Waals surface area contributed by atoms with Gasteiger partial charge in [0.05, 0.1) is 21.3 Å². The van der Waals surface area contributed by atoms with Gasteiger partial charge in [0.15, 0.2) is 0 Å². The zero-order valence-corrected chi connectivity index (χ0v) is 16.0. The van der Waals surface area contributed by atoms with Crippen LogP contribution >= 0.6 is 23.1 Å². The molecular weight excluding hydrogens is 398 g/mol. The fourth-order valence-electron chi connectivity index (χ4n) is 4.24. The van der Waals surface area contributed by atoms with Gasteiger partial charge in [-0.2, -0.15) is 18.4 Å². The number of alkyl halides is 4. The number of nitrogens with zero attached hydrogens (tertiary/aromatic N) is 2. The highest BCUT2D eigenvalue weighted by atomic mass is 32.2. The van der Waals surface area contributed by atoms with E-state index in [2.05, 4.69) is 10.2 Å². The van der Waals surface area contributed by atoms with E-state index in [1.54, 1.807) is 18.2 Å². The lowest BCUT2D eigenvalue weighted by Gasteiger charge is -2.39. The molecule has 144 valence electrons. The van der Waals surface area contributed by atoms with Crippen molar-refractivity contribution in [2.24, 2.45) is 0 Å². The van der Waals surface area contributed by atoms with E-state index in [1.165, 1.54) is 0 Å². The van der Waals surface area contributed by atoms with Crippen LogP contribution in [0.2, 0.25) is 0 Å². The Hall–Kier alpha value is -1.50. The van der Waals surface area contributed by atoms with E-state index in [9.17, 15) is 22.8 Å². The molecule has 2 saturated heterocycles. The summed E-state index contributed by atoms with van der Waals surface area (Å²) in [7, 11) is 1.95. The molecule has 0 amide bonds. The lowest BCUT2D eigenvalue weighted by molar-refractivity contribution is -0.0327. The molecule has 9 heteroatoms. The largest absolute Gasteiger partial charge is 0.446 e. The Balaban J connectivity index is 1.68. The van der Waals surface area contributed by atoms with Gasteiger partial charge in [-0.15, -0.1) is 11.3 Å². The molecule has 4 atom stereocenters. The summed E-state index contributed by atoms with van der Waals surface area (Å²) in [5.74, 6) is 0. The first kappa shape index (κ1) is 18.8. The standard InChI is InChI=1S/C18H17F4N3S2/c1-25-9-5-6-13(25)15(19)12(7-9)24-11-4-2-3-10-16(11)26-14(8-23)17(10)27-18(20,21)22/h2-4,9,12-13,15,24H,5-7H2,1H3/t9-,12-,13+,15-/m1/s1. The average Bonchev–Trinajstić information content (AvgIpc) is 3.08. The first-order chi connectivity index (χ1) is 12.8. The monoisotopic (exact) mass is 415 g/mol. The molecule has 2 aliphatic rings. The molecule has 2 aromatic rings. The van der Waals surface area contributed by atoms with Crippen molar-refractivity contribution in [3.8, 4) is 6.07 Å². The van der Waals surface area contributed by atoms with Crippen molar-refractivity contribution in [3.63, 3.8) is 0 Å². The molecular formula is C18H17F4N3S2. The lowest BCUT2D eigenvalue weighted by atomic mass is 9.95. The summed E-state index contributed by atoms with van der Waals surface area (Å²) in [4.78, 5) is 2.05. The maximum Gasteiger partial charge on any atom is 0.446 e. The number of thioether (sulfide) groups is 1. The van der Waals surface area contributed by atoms with Gasteiger partial charge in [0.2, 0.25) is 0 Å². The average molecular weight is 415 g/mol. The van der Waals surface area contributed by atoms with E-state index >= 15 is 0 Å². The number of thiophene rings is 1. The second-order valence-electron chi connectivity index (χ2n) is 7.00. The number of nitriles is 1. The lowest BCUT2D eigenvalue weighted by Crippen LogP contribution is -2.53. The molecule has 0 aliphatic carbocycles. The molecule has 0 unspecified atom stereocenters. The molecule has 2 aliphatic heterocycles. The molecule has 1 N–H and O–H groups in total. The summed E-state index contributed by atoms with van der Waals surface area (Å²) < 4.78 is 54.2. The number of halogens is 4. The fraction of sp³-hybridized carbons (Fsp3) is 0.500. The molecule has 0 saturated carbocycles. The third kappa shape index (κ3) is 3.39. The van der Waals surface area contributed by atoms with Crippen LogP contribution in [0.15, 0.2) is 23.1 Å². The van der Waals surface area contributed by atoms with Gasteiger partial charge >= 0.3 is 5.51 Å². The van der Waals surface area contributed by atoms with Crippen molar-refractivity contribution in [1.29, 1.82) is 5.26 Å². The summed E-state index contributed by atoms with van der Waals surface area (Å²) in [6.07, 6.45) is 1.41. The van der Waals surface area contributed by atoms with Crippen LogP contribution in [0.5, 0.6) is 0 Å². The third-order valence-electron chi connectivity index (χ3n) is 5.50. The van der Waals surface area contributed by atoms with Crippen molar-refractivity contribution >= 4 is 38.9 Å². The Morgan fingerprint density at radius 2 is 2.11 bits per heavy atom. The maximum absolute atomic E-state index is 14.9. The van der Waals surface area contributed by atoms with Gasteiger partial charge in [0.25, 0.3) is 0 Å². The Morgan fingerprint density at radius 3 is 2.81 bits per heavy atom. The molecule has 3 nitrogen and oxygen atoms in total. The first-order valence-corrected chi connectivity index (χ1v) is 10.3. The molecule has 2 fully saturated rings. The van der Waals surface area contributed by atoms with Crippen LogP contribution in [0.4, 0.5) is 23.2 Å². The van der Waals surface area contributed by atoms with Crippen molar-refractivity contribution in [2.75, 3.05) is 12.4 Å². The van der Waals surface area contributed by atoms with Crippen molar-refractivity contribution in [3.05, 3.63) is 23.1 Å². The van der Waals surface area contributed by atoms with Crippen LogP contribution in [0.3, 0.4) is 0 Å². The Bertz CT molecular complexity index is 904. The van der Waals surface area contributed by atoms with Crippen LogP contribution in [0.25, 0.3) is 10.1 Å². The van der Waals surface area contributed by atoms with Crippen LogP contribution in [0.1, 0.15) is 24.1 Å². The number of benzene rings is 1. The molecule has 1 aromatic carbocycles. The van der Waals surface area contributed by atoms with Gasteiger partial charge in [-0.1, -0.05) is 12.1 Å². The molecule has 0 spiro atoms. The minimum absolute atomic E-state index is 0.0295. The number of anilines is 1. The SMILES string of the molecule is CN1[C@@H]2CC[C@H]1[C@H](F)[C@H](Nc1cccc3c(SC(F)(F)F)c(C#N)sc13)C2. The molecule has 4 rings (SSSR count). The quantitative estimate of drug-likeness (QED) is 0.540. The highest BCUT2D eigenvalue weighted by molar-refractivity contribution is 8.00. The van der Waals surface area contributed by atoms with E-state index in [-0.39, 0.29) is 33.6 Å². The minimum atomic E-state index is -4.47. The Kier molecular flexibility index (Phi) is 4.77. The fourth-order valence-corrected chi connectivity index (χ4v) is 6.17. The Morgan fingerprint density at radius 1 is 1.33 bits per heavy atom. The highest BCUT2D eigenvalue weighted by Gasteiger charge is 2.46. The van der Waals surface area contributed by atoms with E-state index < -0.39 is 11.7 Å². The van der Waals surface area contributed by atoms with Crippen LogP contribution in [-0.4, -0.2) is 41.8 Å². The number of nitrogens with one attached hydrogen (secondary N) is 1. The topological polar surface area (TPSA) is 39.1 Å². The highest BCUT2D eigenvalue weighted by Crippen LogP contribution is 2.47. The minimum Gasteiger partial charge on any atom is -0.378 e. The molecule has 3 heterocycles. The van der Waals surface area contributed by atoms with Crippen molar-refractivity contribution < 1.29 is 17.6 Å². The maximum atomic E-state index is 14.9. The summed E-state index contributed by atoms with van der Waals surface area (Å²) >= 11 is 0.755. The van der Waals surface area contributed by atoms with Gasteiger partial charge in [-0.3, -0.25) is 4.90 Å². The second kappa shape index (κ2) is 6.83. The summed E-state index contributed by atoms with van der Waals surface area (Å²) in [5, 5.41) is 12.9. The predicted molar refractivity (Wildman–Crippen MR) is 99.9 cm³/mol. The van der Waals surface area contributed by atoms with E-state index in [0.717, 1.165) is 24.2 Å². The number of rotatable bonds is 3. The van der Waals surface area contributed by atoms with Crippen molar-refractivity contribution in [1.82, 2.24) is 4.90 Å². The van der Waals surface area contributed by atoms with Gasteiger partial charge in [0, 0.05) is 17.5 Å². The van der Waals surface area contributed by atoms with Gasteiger partial charge in [-0.25, -0.2) is 4.39 Å². The molecule has 0 radical (unpaired) electrons. The molecule has 27 heavy (non-hydrogen) atoms. The zero-order chi connectivity index (χ0) is 19.3. The number of fused-ring (bicyclic) bond motifs is 3. The van der Waals surface area contributed by atoms with Gasteiger partial charge < -0.3 is 5.32 Å². The van der Waals surface area contributed by atoms with Crippen molar-refractivity contribution in [2.45, 2.75) is 54.0 Å². The second-order valence-corrected chi connectivity index (χ2v) is 9.09. The summed E-state index contributed by atoms with van der Waals surface area (Å²) in [6.45, 7) is 0. The normalized spacial score (nSPS) is 28.4. The summed E-state index contributed by atoms with van der Waals surface area (Å²) in [6, 6.07) is 6.67. The predicted octanol–water partition coefficient (Wildman–Crippen LogP) is 5.37.